The first-order valence-electron chi connectivity index (χ1n) is 10.8. The largest absolute Gasteiger partial charge is 0.493 e. The highest BCUT2D eigenvalue weighted by Gasteiger charge is 2.28. The van der Waals surface area contributed by atoms with Crippen molar-refractivity contribution in [2.75, 3.05) is 13.7 Å². The summed E-state index contributed by atoms with van der Waals surface area (Å²) < 4.78 is 11.7. The average Bonchev–Trinajstić information content (AvgIpc) is 3.15. The molecule has 1 saturated heterocycles. The summed E-state index contributed by atoms with van der Waals surface area (Å²) in [6, 6.07) is 9.74. The molecule has 29 heavy (non-hydrogen) atoms. The number of hydrogen-bond acceptors (Lipinski definition) is 4. The van der Waals surface area contributed by atoms with Crippen LogP contribution in [0.5, 0.6) is 11.5 Å². The fraction of sp³-hybridized carbons (Fsp3) is 0.500. The van der Waals surface area contributed by atoms with E-state index in [-0.39, 0.29) is 18.1 Å². The van der Waals surface area contributed by atoms with E-state index in [1.807, 2.05) is 35.2 Å². The van der Waals surface area contributed by atoms with Gasteiger partial charge in [-0.1, -0.05) is 12.8 Å². The molecule has 1 amide bonds. The second-order valence-corrected chi connectivity index (χ2v) is 8.03. The number of hydrogen-bond donors (Lipinski definition) is 0. The van der Waals surface area contributed by atoms with Crippen LogP contribution in [0.1, 0.15) is 73.3 Å². The lowest BCUT2D eigenvalue weighted by Crippen LogP contribution is -2.34. The number of aromatic nitrogens is 1. The minimum Gasteiger partial charge on any atom is -0.493 e. The van der Waals surface area contributed by atoms with E-state index in [4.69, 9.17) is 9.47 Å². The Morgan fingerprint density at radius 1 is 0.966 bits per heavy atom. The molecule has 1 aliphatic carbocycles. The molecule has 1 saturated carbocycles. The summed E-state index contributed by atoms with van der Waals surface area (Å²) in [5.41, 5.74) is 1.81. The van der Waals surface area contributed by atoms with Gasteiger partial charge in [-0.2, -0.15) is 0 Å². The van der Waals surface area contributed by atoms with E-state index in [9.17, 15) is 4.79 Å². The molecular weight excluding hydrogens is 364 g/mol. The van der Waals surface area contributed by atoms with Crippen molar-refractivity contribution < 1.29 is 14.3 Å². The van der Waals surface area contributed by atoms with E-state index in [2.05, 4.69) is 4.98 Å². The van der Waals surface area contributed by atoms with Gasteiger partial charge in [-0.05, 0) is 74.4 Å². The Morgan fingerprint density at radius 2 is 1.72 bits per heavy atom. The number of likely N-dealkylation sites (tertiary alicyclic amines) is 1. The third-order valence-corrected chi connectivity index (χ3v) is 6.11. The molecule has 5 nitrogen and oxygen atoms in total. The van der Waals surface area contributed by atoms with E-state index in [1.165, 1.54) is 12.8 Å². The van der Waals surface area contributed by atoms with Crippen molar-refractivity contribution in [1.82, 2.24) is 9.88 Å². The van der Waals surface area contributed by atoms with Crippen LogP contribution in [0.4, 0.5) is 0 Å². The third kappa shape index (κ3) is 4.55. The summed E-state index contributed by atoms with van der Waals surface area (Å²) in [5, 5.41) is 0. The number of pyridine rings is 1. The second-order valence-electron chi connectivity index (χ2n) is 8.03. The molecule has 1 atom stereocenters. The topological polar surface area (TPSA) is 51.7 Å². The molecule has 5 heteroatoms. The van der Waals surface area contributed by atoms with E-state index < -0.39 is 0 Å². The van der Waals surface area contributed by atoms with Gasteiger partial charge in [0.05, 0.1) is 19.3 Å². The Kier molecular flexibility index (Phi) is 6.33. The number of nitrogens with zero attached hydrogens (tertiary/aromatic N) is 2. The maximum absolute atomic E-state index is 13.5. The Hall–Kier alpha value is -2.56. The summed E-state index contributed by atoms with van der Waals surface area (Å²) in [7, 11) is 1.64. The maximum atomic E-state index is 13.5. The van der Waals surface area contributed by atoms with Gasteiger partial charge in [0.1, 0.15) is 0 Å². The van der Waals surface area contributed by atoms with Crippen molar-refractivity contribution in [1.29, 1.82) is 0 Å². The van der Waals surface area contributed by atoms with Crippen LogP contribution in [0.2, 0.25) is 0 Å². The van der Waals surface area contributed by atoms with Crippen molar-refractivity contribution in [2.45, 2.75) is 63.5 Å². The third-order valence-electron chi connectivity index (χ3n) is 6.11. The molecule has 2 heterocycles. The molecule has 1 aromatic heterocycles. The first-order chi connectivity index (χ1) is 14.3. The van der Waals surface area contributed by atoms with Crippen LogP contribution in [0.3, 0.4) is 0 Å². The van der Waals surface area contributed by atoms with Crippen molar-refractivity contribution in [3.63, 3.8) is 0 Å². The van der Waals surface area contributed by atoms with Crippen LogP contribution >= 0.6 is 0 Å². The normalized spacial score (nSPS) is 20.3. The molecular formula is C24H30N2O3. The quantitative estimate of drug-likeness (QED) is 0.702. The van der Waals surface area contributed by atoms with Crippen molar-refractivity contribution in [3.8, 4) is 11.5 Å². The van der Waals surface area contributed by atoms with Gasteiger partial charge in [0.15, 0.2) is 11.5 Å². The molecule has 0 spiro atoms. The molecule has 2 fully saturated rings. The van der Waals surface area contributed by atoms with Gasteiger partial charge in [0, 0.05) is 24.5 Å². The Bertz CT molecular complexity index is 818. The standard InChI is InChI=1S/C24H30N2O3/c1-28-23-17-19(10-11-22(23)29-20-7-4-5-8-20)24(27)26-16-6-2-3-9-21(26)18-12-14-25-15-13-18/h10-15,17,20-21H,2-9,16H2,1H3. The highest BCUT2D eigenvalue weighted by molar-refractivity contribution is 5.95. The number of amides is 1. The Balaban J connectivity index is 1.58. The summed E-state index contributed by atoms with van der Waals surface area (Å²) in [6.45, 7) is 0.772. The van der Waals surface area contributed by atoms with E-state index in [0.717, 1.165) is 56.4 Å². The zero-order valence-corrected chi connectivity index (χ0v) is 17.2. The minimum atomic E-state index is 0.0550. The van der Waals surface area contributed by atoms with Gasteiger partial charge in [0.2, 0.25) is 0 Å². The van der Waals surface area contributed by atoms with Crippen LogP contribution in [-0.2, 0) is 0 Å². The zero-order chi connectivity index (χ0) is 20.1. The smallest absolute Gasteiger partial charge is 0.254 e. The van der Waals surface area contributed by atoms with E-state index >= 15 is 0 Å². The van der Waals surface area contributed by atoms with Gasteiger partial charge in [-0.3, -0.25) is 9.78 Å². The van der Waals surface area contributed by atoms with Crippen LogP contribution in [0.25, 0.3) is 0 Å². The fourth-order valence-corrected chi connectivity index (χ4v) is 4.53. The minimum absolute atomic E-state index is 0.0550. The monoisotopic (exact) mass is 394 g/mol. The van der Waals surface area contributed by atoms with Gasteiger partial charge >= 0.3 is 0 Å². The molecule has 1 aliphatic heterocycles. The Labute approximate surface area is 173 Å². The number of rotatable bonds is 5. The molecule has 154 valence electrons. The average molecular weight is 395 g/mol. The first-order valence-corrected chi connectivity index (χ1v) is 10.8. The summed E-state index contributed by atoms with van der Waals surface area (Å²) in [4.78, 5) is 19.6. The van der Waals surface area contributed by atoms with E-state index in [0.29, 0.717) is 11.3 Å². The number of ether oxygens (including phenoxy) is 2. The predicted molar refractivity (Wildman–Crippen MR) is 112 cm³/mol. The molecule has 1 aromatic carbocycles. The van der Waals surface area contributed by atoms with Gasteiger partial charge < -0.3 is 14.4 Å². The number of carbonyl (C=O) groups is 1. The number of methoxy groups -OCH3 is 1. The summed E-state index contributed by atoms with van der Waals surface area (Å²) in [5.74, 6) is 1.43. The van der Waals surface area contributed by atoms with Crippen molar-refractivity contribution in [3.05, 3.63) is 53.9 Å². The highest BCUT2D eigenvalue weighted by Crippen LogP contribution is 2.35. The molecule has 1 unspecified atom stereocenters. The first kappa shape index (κ1) is 19.7. The van der Waals surface area contributed by atoms with Crippen molar-refractivity contribution >= 4 is 5.91 Å². The van der Waals surface area contributed by atoms with Gasteiger partial charge in [-0.15, -0.1) is 0 Å². The predicted octanol–water partition coefficient (Wildman–Crippen LogP) is 5.17. The lowest BCUT2D eigenvalue weighted by Gasteiger charge is -2.30. The molecule has 0 radical (unpaired) electrons. The lowest BCUT2D eigenvalue weighted by atomic mass is 10.0. The van der Waals surface area contributed by atoms with Crippen LogP contribution in [0.15, 0.2) is 42.7 Å². The number of benzene rings is 1. The number of carbonyl (C=O) groups excluding carboxylic acids is 1. The molecule has 0 bridgehead atoms. The fourth-order valence-electron chi connectivity index (χ4n) is 4.53. The molecule has 2 aromatic rings. The molecule has 0 N–H and O–H groups in total. The van der Waals surface area contributed by atoms with Gasteiger partial charge in [-0.25, -0.2) is 0 Å². The van der Waals surface area contributed by atoms with Crippen LogP contribution < -0.4 is 9.47 Å². The second kappa shape index (κ2) is 9.29. The maximum Gasteiger partial charge on any atom is 0.254 e. The molecule has 4 rings (SSSR count). The highest BCUT2D eigenvalue weighted by atomic mass is 16.5. The zero-order valence-electron chi connectivity index (χ0n) is 17.2. The van der Waals surface area contributed by atoms with Gasteiger partial charge in [0.25, 0.3) is 5.91 Å². The molecule has 2 aliphatic rings. The summed E-state index contributed by atoms with van der Waals surface area (Å²) >= 11 is 0. The van der Waals surface area contributed by atoms with Crippen LogP contribution in [0, 0.1) is 0 Å². The lowest BCUT2D eigenvalue weighted by molar-refractivity contribution is 0.0680. The summed E-state index contributed by atoms with van der Waals surface area (Å²) in [6.07, 6.45) is 12.8. The van der Waals surface area contributed by atoms with Crippen LogP contribution in [-0.4, -0.2) is 35.5 Å². The Morgan fingerprint density at radius 3 is 2.48 bits per heavy atom. The van der Waals surface area contributed by atoms with Crippen molar-refractivity contribution in [2.24, 2.45) is 0 Å². The van der Waals surface area contributed by atoms with E-state index in [1.54, 1.807) is 19.5 Å². The SMILES string of the molecule is COc1cc(C(=O)N2CCCCCC2c2ccncc2)ccc1OC1CCCC1.